The number of nitrogens with zero attached hydrogens (tertiary/aromatic N) is 4. The van der Waals surface area contributed by atoms with E-state index in [1.54, 1.807) is 0 Å². The van der Waals surface area contributed by atoms with Gasteiger partial charge in [-0.05, 0) is 24.3 Å². The minimum atomic E-state index is -0.775. The van der Waals surface area contributed by atoms with E-state index in [1.165, 1.54) is 11.9 Å². The van der Waals surface area contributed by atoms with Crippen LogP contribution in [0, 0.1) is 5.92 Å². The molecule has 0 bridgehead atoms. The van der Waals surface area contributed by atoms with Crippen LogP contribution in [-0.2, 0) is 9.59 Å². The Labute approximate surface area is 129 Å². The van der Waals surface area contributed by atoms with E-state index in [0.29, 0.717) is 0 Å². The Bertz CT molecular complexity index is 471. The second kappa shape index (κ2) is 7.47. The first kappa shape index (κ1) is 16.6. The van der Waals surface area contributed by atoms with Gasteiger partial charge in [-0.15, -0.1) is 0 Å². The molecular formula is C14H23N5O3. The summed E-state index contributed by atoms with van der Waals surface area (Å²) in [7, 11) is 1.50. The average molecular weight is 309 g/mol. The van der Waals surface area contributed by atoms with Gasteiger partial charge < -0.3 is 15.3 Å². The van der Waals surface area contributed by atoms with Crippen LogP contribution in [0.1, 0.15) is 38.5 Å². The number of aliphatic hydroxyl groups is 1. The SMILES string of the molecule is CNC(=O)C1CC(O)CN1C(=O)C(N=[N+]=[N-])C1CCCCC1. The zero-order valence-electron chi connectivity index (χ0n) is 12.8. The number of hydrogen-bond acceptors (Lipinski definition) is 4. The lowest BCUT2D eigenvalue weighted by atomic mass is 9.83. The molecule has 1 aliphatic heterocycles. The average Bonchev–Trinajstić information content (AvgIpc) is 2.94. The number of β-amino-alcohol motifs (C(OH)–C–C–N with tert-alkyl or cyclic N) is 1. The summed E-state index contributed by atoms with van der Waals surface area (Å²) in [6.45, 7) is 0.112. The Morgan fingerprint density at radius 1 is 1.36 bits per heavy atom. The minimum Gasteiger partial charge on any atom is -0.391 e. The highest BCUT2D eigenvalue weighted by atomic mass is 16.3. The number of hydrogen-bond donors (Lipinski definition) is 2. The molecule has 1 saturated heterocycles. The molecule has 2 fully saturated rings. The predicted molar refractivity (Wildman–Crippen MR) is 79.7 cm³/mol. The summed E-state index contributed by atoms with van der Waals surface area (Å²) in [6.07, 6.45) is 4.40. The van der Waals surface area contributed by atoms with E-state index in [2.05, 4.69) is 15.3 Å². The highest BCUT2D eigenvalue weighted by Gasteiger charge is 2.42. The molecular weight excluding hydrogens is 286 g/mol. The van der Waals surface area contributed by atoms with Crippen LogP contribution in [0.3, 0.4) is 0 Å². The summed E-state index contributed by atoms with van der Waals surface area (Å²) in [5, 5.41) is 16.0. The van der Waals surface area contributed by atoms with Crippen molar-refractivity contribution in [3.63, 3.8) is 0 Å². The van der Waals surface area contributed by atoms with Gasteiger partial charge in [0.25, 0.3) is 0 Å². The van der Waals surface area contributed by atoms with E-state index < -0.39 is 18.2 Å². The van der Waals surface area contributed by atoms with E-state index in [0.717, 1.165) is 32.1 Å². The van der Waals surface area contributed by atoms with Crippen LogP contribution < -0.4 is 5.32 Å². The summed E-state index contributed by atoms with van der Waals surface area (Å²) >= 11 is 0. The van der Waals surface area contributed by atoms with Gasteiger partial charge in [0.05, 0.1) is 6.10 Å². The second-order valence-electron chi connectivity index (χ2n) is 6.06. The van der Waals surface area contributed by atoms with E-state index in [9.17, 15) is 14.7 Å². The number of likely N-dealkylation sites (N-methyl/N-ethyl adjacent to an activating group) is 1. The van der Waals surface area contributed by atoms with Gasteiger partial charge in [-0.25, -0.2) is 0 Å². The van der Waals surface area contributed by atoms with Crippen molar-refractivity contribution in [2.24, 2.45) is 11.0 Å². The molecule has 3 unspecified atom stereocenters. The first-order valence-electron chi connectivity index (χ1n) is 7.82. The lowest BCUT2D eigenvalue weighted by Crippen LogP contribution is -2.49. The van der Waals surface area contributed by atoms with Crippen molar-refractivity contribution in [2.75, 3.05) is 13.6 Å². The van der Waals surface area contributed by atoms with Gasteiger partial charge >= 0.3 is 0 Å². The monoisotopic (exact) mass is 309 g/mol. The number of amides is 2. The van der Waals surface area contributed by atoms with E-state index >= 15 is 0 Å². The molecule has 8 nitrogen and oxygen atoms in total. The van der Waals surface area contributed by atoms with Gasteiger partial charge in [0.15, 0.2) is 0 Å². The largest absolute Gasteiger partial charge is 0.391 e. The number of carbonyl (C=O) groups is 2. The molecule has 1 heterocycles. The molecule has 2 N–H and O–H groups in total. The Hall–Kier alpha value is -1.79. The lowest BCUT2D eigenvalue weighted by molar-refractivity contribution is -0.140. The molecule has 122 valence electrons. The molecule has 8 heteroatoms. The smallest absolute Gasteiger partial charge is 0.242 e. The van der Waals surface area contributed by atoms with Crippen LogP contribution in [-0.4, -0.2) is 53.6 Å². The van der Waals surface area contributed by atoms with E-state index in [4.69, 9.17) is 5.53 Å². The Morgan fingerprint density at radius 3 is 2.64 bits per heavy atom. The first-order valence-corrected chi connectivity index (χ1v) is 7.82. The summed E-state index contributed by atoms with van der Waals surface area (Å²) in [5.41, 5.74) is 8.79. The van der Waals surface area contributed by atoms with Crippen molar-refractivity contribution in [1.29, 1.82) is 0 Å². The minimum absolute atomic E-state index is 0.0280. The van der Waals surface area contributed by atoms with Gasteiger partial charge in [0, 0.05) is 24.9 Å². The number of nitrogens with one attached hydrogen (secondary N) is 1. The number of azide groups is 1. The number of carbonyl (C=O) groups excluding carboxylic acids is 2. The molecule has 2 amide bonds. The van der Waals surface area contributed by atoms with Crippen LogP contribution in [0.15, 0.2) is 5.11 Å². The summed E-state index contributed by atoms with van der Waals surface area (Å²) in [6, 6.07) is -1.46. The Morgan fingerprint density at radius 2 is 2.05 bits per heavy atom. The van der Waals surface area contributed by atoms with E-state index in [-0.39, 0.29) is 30.7 Å². The third-order valence-corrected chi connectivity index (χ3v) is 4.64. The number of aliphatic hydroxyl groups excluding tert-OH is 1. The molecule has 0 radical (unpaired) electrons. The molecule has 3 atom stereocenters. The number of likely N-dealkylation sites (tertiary alicyclic amines) is 1. The summed E-state index contributed by atoms with van der Waals surface area (Å²) < 4.78 is 0. The second-order valence-corrected chi connectivity index (χ2v) is 6.06. The Kier molecular flexibility index (Phi) is 5.63. The number of rotatable bonds is 4. The summed E-state index contributed by atoms with van der Waals surface area (Å²) in [4.78, 5) is 28.9. The topological polar surface area (TPSA) is 118 Å². The van der Waals surface area contributed by atoms with Crippen LogP contribution in [0.2, 0.25) is 0 Å². The fraction of sp³-hybridized carbons (Fsp3) is 0.857. The molecule has 1 aliphatic carbocycles. The van der Waals surface area contributed by atoms with E-state index in [1.807, 2.05) is 0 Å². The summed E-state index contributed by atoms with van der Waals surface area (Å²) in [5.74, 6) is -0.608. The first-order chi connectivity index (χ1) is 10.6. The third-order valence-electron chi connectivity index (χ3n) is 4.64. The van der Waals surface area contributed by atoms with Crippen molar-refractivity contribution >= 4 is 11.8 Å². The fourth-order valence-corrected chi connectivity index (χ4v) is 3.49. The van der Waals surface area contributed by atoms with Crippen LogP contribution >= 0.6 is 0 Å². The van der Waals surface area contributed by atoms with Gasteiger partial charge in [0.1, 0.15) is 12.1 Å². The quantitative estimate of drug-likeness (QED) is 0.457. The van der Waals surface area contributed by atoms with Crippen molar-refractivity contribution < 1.29 is 14.7 Å². The van der Waals surface area contributed by atoms with Crippen molar-refractivity contribution in [3.05, 3.63) is 10.4 Å². The zero-order valence-corrected chi connectivity index (χ0v) is 12.8. The third kappa shape index (κ3) is 3.51. The molecule has 22 heavy (non-hydrogen) atoms. The van der Waals surface area contributed by atoms with Gasteiger partial charge in [-0.2, -0.15) is 0 Å². The lowest BCUT2D eigenvalue weighted by Gasteiger charge is -2.31. The molecule has 2 aliphatic rings. The van der Waals surface area contributed by atoms with Crippen LogP contribution in [0.5, 0.6) is 0 Å². The zero-order chi connectivity index (χ0) is 16.1. The maximum atomic E-state index is 12.8. The normalized spacial score (nSPS) is 27.1. The molecule has 0 aromatic heterocycles. The van der Waals surface area contributed by atoms with Gasteiger partial charge in [-0.1, -0.05) is 24.4 Å². The van der Waals surface area contributed by atoms with Crippen LogP contribution in [0.4, 0.5) is 0 Å². The standard InChI is InChI=1S/C14H23N5O3/c1-16-13(21)11-7-10(20)8-19(11)14(22)12(17-18-15)9-5-3-2-4-6-9/h9-12,20H,2-8H2,1H3,(H,16,21). The van der Waals surface area contributed by atoms with Crippen molar-refractivity contribution in [3.8, 4) is 0 Å². The van der Waals surface area contributed by atoms with Crippen molar-refractivity contribution in [2.45, 2.75) is 56.7 Å². The highest BCUT2D eigenvalue weighted by molar-refractivity contribution is 5.90. The van der Waals surface area contributed by atoms with Crippen molar-refractivity contribution in [1.82, 2.24) is 10.2 Å². The van der Waals surface area contributed by atoms with Crippen LogP contribution in [0.25, 0.3) is 10.4 Å². The maximum Gasteiger partial charge on any atom is 0.242 e. The fourth-order valence-electron chi connectivity index (χ4n) is 3.49. The highest BCUT2D eigenvalue weighted by Crippen LogP contribution is 2.31. The van der Waals surface area contributed by atoms with Gasteiger partial charge in [0.2, 0.25) is 11.8 Å². The predicted octanol–water partition coefficient (Wildman–Crippen LogP) is 0.953. The van der Waals surface area contributed by atoms with Gasteiger partial charge in [-0.3, -0.25) is 9.59 Å². The molecule has 0 aromatic rings. The molecule has 2 rings (SSSR count). The Balaban J connectivity index is 2.17. The molecule has 1 saturated carbocycles. The molecule has 0 aromatic carbocycles. The maximum absolute atomic E-state index is 12.8. The molecule has 0 spiro atoms.